The Morgan fingerprint density at radius 3 is 2.79 bits per heavy atom. The van der Waals surface area contributed by atoms with Gasteiger partial charge < -0.3 is 15.8 Å². The summed E-state index contributed by atoms with van der Waals surface area (Å²) < 4.78 is 13.4. The van der Waals surface area contributed by atoms with Gasteiger partial charge in [-0.3, -0.25) is 4.79 Å². The van der Waals surface area contributed by atoms with Crippen molar-refractivity contribution in [3.05, 3.63) is 34.1 Å². The van der Waals surface area contributed by atoms with Gasteiger partial charge in [-0.25, -0.2) is 4.39 Å². The van der Waals surface area contributed by atoms with Gasteiger partial charge >= 0.3 is 0 Å². The zero-order chi connectivity index (χ0) is 14.4. The highest BCUT2D eigenvalue weighted by Crippen LogP contribution is 2.19. The molecule has 104 valence electrons. The summed E-state index contributed by atoms with van der Waals surface area (Å²) in [6.07, 6.45) is 0.725. The molecule has 3 N–H and O–H groups in total. The second kappa shape index (κ2) is 7.08. The predicted octanol–water partition coefficient (Wildman–Crippen LogP) is 2.19. The molecule has 1 rings (SSSR count). The molecule has 0 unspecified atom stereocenters. The number of benzene rings is 1. The topological polar surface area (TPSA) is 78.9 Å². The molecular weight excluding hydrogens is 317 g/mol. The molecule has 0 radical (unpaired) electrons. The van der Waals surface area contributed by atoms with Crippen LogP contribution in [0.25, 0.3) is 0 Å². The third-order valence-corrected chi connectivity index (χ3v) is 3.08. The Labute approximate surface area is 119 Å². The van der Waals surface area contributed by atoms with E-state index in [2.05, 4.69) is 21.1 Å². The Hall–Kier alpha value is -1.63. The number of amidine groups is 1. The number of oxime groups is 1. The van der Waals surface area contributed by atoms with Gasteiger partial charge in [0.05, 0.1) is 12.1 Å². The van der Waals surface area contributed by atoms with Crippen LogP contribution in [0, 0.1) is 5.82 Å². The molecule has 1 aromatic carbocycles. The summed E-state index contributed by atoms with van der Waals surface area (Å²) in [5.74, 6) is -0.790. The van der Waals surface area contributed by atoms with Gasteiger partial charge in [0.25, 0.3) is 5.91 Å². The normalized spacial score (nSPS) is 11.4. The smallest absolute Gasteiger partial charge is 0.255 e. The standard InChI is InChI=1S/C12H15BrFN3O2/c1-2-5-17(7-11(15)16-19)12(18)9-4-3-8(14)6-10(9)13/h3-4,6,19H,2,5,7H2,1H3,(H2,15,16). The molecule has 0 aliphatic heterocycles. The van der Waals surface area contributed by atoms with E-state index < -0.39 is 5.82 Å². The molecule has 19 heavy (non-hydrogen) atoms. The molecule has 0 aliphatic carbocycles. The molecular formula is C12H15BrFN3O2. The lowest BCUT2D eigenvalue weighted by molar-refractivity contribution is 0.0777. The van der Waals surface area contributed by atoms with E-state index in [0.717, 1.165) is 6.42 Å². The van der Waals surface area contributed by atoms with Crippen LogP contribution in [0.1, 0.15) is 23.7 Å². The molecule has 7 heteroatoms. The summed E-state index contributed by atoms with van der Waals surface area (Å²) >= 11 is 3.15. The van der Waals surface area contributed by atoms with Crippen LogP contribution in [0.5, 0.6) is 0 Å². The van der Waals surface area contributed by atoms with Crippen LogP contribution >= 0.6 is 15.9 Å². The number of nitrogens with zero attached hydrogens (tertiary/aromatic N) is 2. The highest BCUT2D eigenvalue weighted by atomic mass is 79.9. The highest BCUT2D eigenvalue weighted by Gasteiger charge is 2.19. The van der Waals surface area contributed by atoms with E-state index in [-0.39, 0.29) is 18.3 Å². The summed E-state index contributed by atoms with van der Waals surface area (Å²) in [5, 5.41) is 11.4. The lowest BCUT2D eigenvalue weighted by atomic mass is 10.2. The Balaban J connectivity index is 2.98. The number of nitrogens with two attached hydrogens (primary N) is 1. The summed E-state index contributed by atoms with van der Waals surface area (Å²) in [4.78, 5) is 13.7. The summed E-state index contributed by atoms with van der Waals surface area (Å²) in [7, 11) is 0. The monoisotopic (exact) mass is 331 g/mol. The van der Waals surface area contributed by atoms with Crippen molar-refractivity contribution in [3.63, 3.8) is 0 Å². The number of amides is 1. The average Bonchev–Trinajstić information content (AvgIpc) is 2.37. The van der Waals surface area contributed by atoms with Gasteiger partial charge in [-0.15, -0.1) is 0 Å². The van der Waals surface area contributed by atoms with Crippen LogP contribution in [-0.4, -0.2) is 34.9 Å². The molecule has 0 saturated heterocycles. The second-order valence-corrected chi connectivity index (χ2v) is 4.80. The fourth-order valence-corrected chi connectivity index (χ4v) is 2.10. The van der Waals surface area contributed by atoms with Crippen LogP contribution in [0.2, 0.25) is 0 Å². The molecule has 1 aromatic rings. The number of carbonyl (C=O) groups excluding carboxylic acids is 1. The summed E-state index contributed by atoms with van der Waals surface area (Å²) in [5.41, 5.74) is 5.75. The molecule has 0 atom stereocenters. The molecule has 0 bridgehead atoms. The summed E-state index contributed by atoms with van der Waals surface area (Å²) in [6.45, 7) is 2.39. The van der Waals surface area contributed by atoms with Crippen LogP contribution in [-0.2, 0) is 0 Å². The van der Waals surface area contributed by atoms with Gasteiger partial charge in [0.1, 0.15) is 5.82 Å². The van der Waals surface area contributed by atoms with Crippen LogP contribution in [0.3, 0.4) is 0 Å². The van der Waals surface area contributed by atoms with Crippen molar-refractivity contribution in [1.82, 2.24) is 4.90 Å². The van der Waals surface area contributed by atoms with Crippen LogP contribution in [0.4, 0.5) is 4.39 Å². The average molecular weight is 332 g/mol. The van der Waals surface area contributed by atoms with E-state index in [1.54, 1.807) is 0 Å². The molecule has 0 fully saturated rings. The maximum atomic E-state index is 13.0. The van der Waals surface area contributed by atoms with Crippen molar-refractivity contribution in [1.29, 1.82) is 0 Å². The first kappa shape index (κ1) is 15.4. The van der Waals surface area contributed by atoms with Crippen molar-refractivity contribution >= 4 is 27.7 Å². The molecule has 1 amide bonds. The Bertz CT molecular complexity index is 494. The maximum Gasteiger partial charge on any atom is 0.255 e. The van der Waals surface area contributed by atoms with Gasteiger partial charge in [-0.2, -0.15) is 0 Å². The van der Waals surface area contributed by atoms with Gasteiger partial charge in [0.15, 0.2) is 5.84 Å². The van der Waals surface area contributed by atoms with Crippen molar-refractivity contribution < 1.29 is 14.4 Å². The molecule has 5 nitrogen and oxygen atoms in total. The molecule has 0 aliphatic rings. The SMILES string of the molecule is CCCN(CC(N)=NO)C(=O)c1ccc(F)cc1Br. The largest absolute Gasteiger partial charge is 0.409 e. The number of carbonyl (C=O) groups is 1. The first-order valence-electron chi connectivity index (χ1n) is 5.70. The van der Waals surface area contributed by atoms with Gasteiger partial charge in [-0.1, -0.05) is 12.1 Å². The third kappa shape index (κ3) is 4.20. The van der Waals surface area contributed by atoms with Gasteiger partial charge in [0, 0.05) is 11.0 Å². The van der Waals surface area contributed by atoms with Crippen molar-refractivity contribution in [2.45, 2.75) is 13.3 Å². The van der Waals surface area contributed by atoms with Crippen LogP contribution < -0.4 is 5.73 Å². The van der Waals surface area contributed by atoms with E-state index in [1.807, 2.05) is 6.92 Å². The number of hydrogen-bond donors (Lipinski definition) is 2. The minimum atomic E-state index is -0.429. The first-order valence-corrected chi connectivity index (χ1v) is 6.49. The van der Waals surface area contributed by atoms with Crippen molar-refractivity contribution in [2.75, 3.05) is 13.1 Å². The van der Waals surface area contributed by atoms with E-state index in [4.69, 9.17) is 10.9 Å². The second-order valence-electron chi connectivity index (χ2n) is 3.94. The minimum Gasteiger partial charge on any atom is -0.409 e. The quantitative estimate of drug-likeness (QED) is 0.375. The Morgan fingerprint density at radius 2 is 2.26 bits per heavy atom. The van der Waals surface area contributed by atoms with Crippen molar-refractivity contribution in [2.24, 2.45) is 10.9 Å². The van der Waals surface area contributed by atoms with E-state index >= 15 is 0 Å². The zero-order valence-electron chi connectivity index (χ0n) is 10.4. The Morgan fingerprint density at radius 1 is 1.58 bits per heavy atom. The fourth-order valence-electron chi connectivity index (χ4n) is 1.58. The van der Waals surface area contributed by atoms with Crippen LogP contribution in [0.15, 0.2) is 27.8 Å². The van der Waals surface area contributed by atoms with Gasteiger partial charge in [0.2, 0.25) is 0 Å². The highest BCUT2D eigenvalue weighted by molar-refractivity contribution is 9.10. The lowest BCUT2D eigenvalue weighted by Gasteiger charge is -2.22. The molecule has 0 heterocycles. The fraction of sp³-hybridized carbons (Fsp3) is 0.333. The molecule has 0 aromatic heterocycles. The number of hydrogen-bond acceptors (Lipinski definition) is 3. The third-order valence-electron chi connectivity index (χ3n) is 2.42. The Kier molecular flexibility index (Phi) is 5.75. The van der Waals surface area contributed by atoms with E-state index in [9.17, 15) is 9.18 Å². The molecule has 0 spiro atoms. The summed E-state index contributed by atoms with van der Waals surface area (Å²) in [6, 6.07) is 3.84. The number of halogens is 2. The van der Waals surface area contributed by atoms with E-state index in [1.165, 1.54) is 23.1 Å². The van der Waals surface area contributed by atoms with Crippen molar-refractivity contribution in [3.8, 4) is 0 Å². The first-order chi connectivity index (χ1) is 8.99. The lowest BCUT2D eigenvalue weighted by Crippen LogP contribution is -2.39. The number of rotatable bonds is 5. The minimum absolute atomic E-state index is 0.0208. The van der Waals surface area contributed by atoms with Gasteiger partial charge in [-0.05, 0) is 40.5 Å². The predicted molar refractivity (Wildman–Crippen MR) is 73.7 cm³/mol. The molecule has 0 saturated carbocycles. The zero-order valence-corrected chi connectivity index (χ0v) is 12.0. The maximum absolute atomic E-state index is 13.0. The van der Waals surface area contributed by atoms with E-state index in [0.29, 0.717) is 16.6 Å².